The normalized spacial score (nSPS) is 13.9. The second kappa shape index (κ2) is 5.01. The Morgan fingerprint density at radius 1 is 0.920 bits per heavy atom. The highest BCUT2D eigenvalue weighted by Crippen LogP contribution is 2.34. The van der Waals surface area contributed by atoms with Gasteiger partial charge in [-0.3, -0.25) is 9.59 Å². The SMILES string of the molecule is Cc1cc2sc(C=C3C(=O)c4cc5ccccc5cc4C3=O)cc2o1. The monoisotopic (exact) mass is 344 g/mol. The lowest BCUT2D eigenvalue weighted by atomic mass is 10.0. The fourth-order valence-corrected chi connectivity index (χ4v) is 4.35. The van der Waals surface area contributed by atoms with Gasteiger partial charge in [-0.2, -0.15) is 0 Å². The second-order valence-corrected chi connectivity index (χ2v) is 7.31. The molecule has 0 fully saturated rings. The Hall–Kier alpha value is -2.98. The molecule has 0 radical (unpaired) electrons. The van der Waals surface area contributed by atoms with Crippen molar-refractivity contribution in [3.63, 3.8) is 0 Å². The van der Waals surface area contributed by atoms with Crippen molar-refractivity contribution in [3.8, 4) is 0 Å². The molecule has 0 atom stereocenters. The van der Waals surface area contributed by atoms with Gasteiger partial charge in [-0.15, -0.1) is 11.3 Å². The van der Waals surface area contributed by atoms with Crippen LogP contribution < -0.4 is 0 Å². The van der Waals surface area contributed by atoms with E-state index in [0.717, 1.165) is 31.7 Å². The Balaban J connectivity index is 1.64. The van der Waals surface area contributed by atoms with Crippen LogP contribution in [0.25, 0.3) is 27.1 Å². The van der Waals surface area contributed by atoms with Crippen molar-refractivity contribution in [1.82, 2.24) is 0 Å². The summed E-state index contributed by atoms with van der Waals surface area (Å²) in [6.45, 7) is 1.90. The third kappa shape index (κ3) is 2.11. The molecule has 0 unspecified atom stereocenters. The van der Waals surface area contributed by atoms with Gasteiger partial charge in [0.25, 0.3) is 0 Å². The summed E-state index contributed by atoms with van der Waals surface area (Å²) in [5.74, 6) is 0.450. The molecule has 120 valence electrons. The van der Waals surface area contributed by atoms with E-state index in [2.05, 4.69) is 0 Å². The smallest absolute Gasteiger partial charge is 0.197 e. The van der Waals surface area contributed by atoms with E-state index < -0.39 is 0 Å². The van der Waals surface area contributed by atoms with Gasteiger partial charge in [0.2, 0.25) is 0 Å². The predicted octanol–water partition coefficient (Wildman–Crippen LogP) is 5.42. The summed E-state index contributed by atoms with van der Waals surface area (Å²) in [6.07, 6.45) is 1.69. The molecule has 4 aromatic rings. The van der Waals surface area contributed by atoms with Gasteiger partial charge < -0.3 is 4.42 Å². The number of fused-ring (bicyclic) bond motifs is 3. The van der Waals surface area contributed by atoms with Crippen LogP contribution in [-0.4, -0.2) is 11.6 Å². The predicted molar refractivity (Wildman–Crippen MR) is 99.4 cm³/mol. The number of rotatable bonds is 1. The number of carbonyl (C=O) groups excluding carboxylic acids is 2. The topological polar surface area (TPSA) is 47.3 Å². The number of furan rings is 1. The Kier molecular flexibility index (Phi) is 2.88. The van der Waals surface area contributed by atoms with Gasteiger partial charge in [0.1, 0.15) is 11.3 Å². The highest BCUT2D eigenvalue weighted by Gasteiger charge is 2.33. The minimum absolute atomic E-state index is 0.202. The van der Waals surface area contributed by atoms with Crippen molar-refractivity contribution in [2.24, 2.45) is 0 Å². The van der Waals surface area contributed by atoms with Crippen molar-refractivity contribution in [2.45, 2.75) is 6.92 Å². The van der Waals surface area contributed by atoms with Crippen molar-refractivity contribution in [3.05, 3.63) is 75.9 Å². The van der Waals surface area contributed by atoms with E-state index in [1.807, 2.05) is 55.5 Å². The number of hydrogen-bond acceptors (Lipinski definition) is 4. The lowest BCUT2D eigenvalue weighted by molar-refractivity contribution is 0.0990. The standard InChI is InChI=1S/C21H12O3S/c1-11-6-19-18(24-11)10-14(25-19)9-17-20(22)15-7-12-4-2-3-5-13(12)8-16(15)21(17)23/h2-10H,1H3. The molecule has 0 bridgehead atoms. The molecule has 1 aliphatic rings. The maximum Gasteiger partial charge on any atom is 0.197 e. The Bertz CT molecular complexity index is 1150. The molecule has 25 heavy (non-hydrogen) atoms. The molecule has 4 heteroatoms. The van der Waals surface area contributed by atoms with Crippen molar-refractivity contribution < 1.29 is 14.0 Å². The molecule has 0 amide bonds. The van der Waals surface area contributed by atoms with Gasteiger partial charge in [-0.1, -0.05) is 24.3 Å². The van der Waals surface area contributed by atoms with Crippen LogP contribution in [0.5, 0.6) is 0 Å². The average molecular weight is 344 g/mol. The van der Waals surface area contributed by atoms with E-state index in [1.165, 1.54) is 11.3 Å². The number of ketones is 2. The maximum absolute atomic E-state index is 12.8. The third-order valence-corrected chi connectivity index (χ3v) is 5.51. The summed E-state index contributed by atoms with van der Waals surface area (Å²) in [7, 11) is 0. The van der Waals surface area contributed by atoms with Gasteiger partial charge in [-0.25, -0.2) is 0 Å². The van der Waals surface area contributed by atoms with Crippen LogP contribution in [0, 0.1) is 6.92 Å². The molecule has 0 saturated carbocycles. The van der Waals surface area contributed by atoms with Crippen LogP contribution in [0.15, 0.2) is 58.5 Å². The number of hydrogen-bond donors (Lipinski definition) is 0. The zero-order chi connectivity index (χ0) is 17.1. The van der Waals surface area contributed by atoms with E-state index in [4.69, 9.17) is 4.42 Å². The number of Topliss-reactive ketones (excluding diaryl/α,β-unsaturated/α-hetero) is 2. The van der Waals surface area contributed by atoms with Gasteiger partial charge >= 0.3 is 0 Å². The molecule has 0 aliphatic heterocycles. The van der Waals surface area contributed by atoms with E-state index in [1.54, 1.807) is 6.08 Å². The first-order valence-electron chi connectivity index (χ1n) is 7.94. The van der Waals surface area contributed by atoms with E-state index in [0.29, 0.717) is 11.1 Å². The second-order valence-electron chi connectivity index (χ2n) is 6.20. The zero-order valence-electron chi connectivity index (χ0n) is 13.3. The molecule has 0 saturated heterocycles. The molecular formula is C21H12O3S. The van der Waals surface area contributed by atoms with Gasteiger partial charge in [-0.05, 0) is 48.0 Å². The quantitative estimate of drug-likeness (QED) is 0.342. The van der Waals surface area contributed by atoms with Crippen molar-refractivity contribution in [1.29, 1.82) is 0 Å². The number of benzene rings is 2. The molecule has 2 heterocycles. The minimum atomic E-state index is -0.202. The van der Waals surface area contributed by atoms with Gasteiger partial charge in [0.05, 0.1) is 10.3 Å². The van der Waals surface area contributed by atoms with Crippen LogP contribution in [0.1, 0.15) is 31.4 Å². The van der Waals surface area contributed by atoms with Crippen LogP contribution >= 0.6 is 11.3 Å². The summed E-state index contributed by atoms with van der Waals surface area (Å²) in [4.78, 5) is 26.4. The molecule has 2 aromatic heterocycles. The summed E-state index contributed by atoms with van der Waals surface area (Å²) in [6, 6.07) is 15.2. The molecule has 1 aliphatic carbocycles. The molecule has 0 N–H and O–H groups in total. The summed E-state index contributed by atoms with van der Waals surface area (Å²) in [5.41, 5.74) is 2.00. The third-order valence-electron chi connectivity index (χ3n) is 4.50. The van der Waals surface area contributed by atoms with Crippen molar-refractivity contribution in [2.75, 3.05) is 0 Å². The van der Waals surface area contributed by atoms with E-state index in [-0.39, 0.29) is 17.1 Å². The Morgan fingerprint density at radius 2 is 1.56 bits per heavy atom. The average Bonchev–Trinajstić information content (AvgIpc) is 3.20. The highest BCUT2D eigenvalue weighted by atomic mass is 32.1. The first kappa shape index (κ1) is 14.4. The fourth-order valence-electron chi connectivity index (χ4n) is 3.33. The summed E-state index contributed by atoms with van der Waals surface area (Å²) in [5, 5.41) is 1.93. The van der Waals surface area contributed by atoms with Gasteiger partial charge in [0.15, 0.2) is 11.6 Å². The van der Waals surface area contributed by atoms with Crippen LogP contribution in [-0.2, 0) is 0 Å². The minimum Gasteiger partial charge on any atom is -0.460 e. The number of thiophene rings is 1. The Labute approximate surface area is 147 Å². The number of aryl methyl sites for hydroxylation is 1. The lowest BCUT2D eigenvalue weighted by Gasteiger charge is -2.00. The molecule has 0 spiro atoms. The molecule has 3 nitrogen and oxygen atoms in total. The summed E-state index contributed by atoms with van der Waals surface area (Å²) >= 11 is 1.52. The fraction of sp³-hybridized carbons (Fsp3) is 0.0476. The van der Waals surface area contributed by atoms with Crippen LogP contribution in [0.2, 0.25) is 0 Å². The Morgan fingerprint density at radius 3 is 2.16 bits per heavy atom. The molecule has 5 rings (SSSR count). The zero-order valence-corrected chi connectivity index (χ0v) is 14.1. The highest BCUT2D eigenvalue weighted by molar-refractivity contribution is 7.19. The number of allylic oxidation sites excluding steroid dienone is 1. The molecule has 2 aromatic carbocycles. The first-order chi connectivity index (χ1) is 12.1. The maximum atomic E-state index is 12.8. The van der Waals surface area contributed by atoms with Crippen molar-refractivity contribution >= 4 is 50.0 Å². The molecular weight excluding hydrogens is 332 g/mol. The summed E-state index contributed by atoms with van der Waals surface area (Å²) < 4.78 is 6.61. The van der Waals surface area contributed by atoms with E-state index >= 15 is 0 Å². The van der Waals surface area contributed by atoms with Crippen LogP contribution in [0.4, 0.5) is 0 Å². The van der Waals surface area contributed by atoms with Gasteiger partial charge in [0, 0.05) is 16.0 Å². The van der Waals surface area contributed by atoms with E-state index in [9.17, 15) is 9.59 Å². The largest absolute Gasteiger partial charge is 0.460 e. The first-order valence-corrected chi connectivity index (χ1v) is 8.76. The van der Waals surface area contributed by atoms with Crippen LogP contribution in [0.3, 0.4) is 0 Å². The lowest BCUT2D eigenvalue weighted by Crippen LogP contribution is -1.99. The number of carbonyl (C=O) groups is 2.